The highest BCUT2D eigenvalue weighted by atomic mass is 35.5. The monoisotopic (exact) mass is 310 g/mol. The lowest BCUT2D eigenvalue weighted by Crippen LogP contribution is -2.07. The SMILES string of the molecule is CC1(C)C(C(O)c2cc3c(cc2Cl)OCCCO3)C1(C)C. The first-order valence-electron chi connectivity index (χ1n) is 7.54. The van der Waals surface area contributed by atoms with Crippen LogP contribution in [0.3, 0.4) is 0 Å². The summed E-state index contributed by atoms with van der Waals surface area (Å²) in [5.74, 6) is 1.54. The van der Waals surface area contributed by atoms with Gasteiger partial charge in [0.05, 0.1) is 24.3 Å². The van der Waals surface area contributed by atoms with Crippen molar-refractivity contribution in [3.05, 3.63) is 22.7 Å². The number of halogens is 1. The summed E-state index contributed by atoms with van der Waals surface area (Å²) in [5.41, 5.74) is 0.935. The van der Waals surface area contributed by atoms with Crippen molar-refractivity contribution in [1.82, 2.24) is 0 Å². The van der Waals surface area contributed by atoms with Crippen molar-refractivity contribution in [2.45, 2.75) is 40.2 Å². The lowest BCUT2D eigenvalue weighted by Gasteiger charge is -2.17. The highest BCUT2D eigenvalue weighted by Crippen LogP contribution is 2.72. The zero-order valence-electron chi connectivity index (χ0n) is 13.1. The van der Waals surface area contributed by atoms with E-state index in [0.717, 1.165) is 12.0 Å². The average molecular weight is 311 g/mol. The molecule has 21 heavy (non-hydrogen) atoms. The molecule has 1 aromatic rings. The molecular weight excluding hydrogens is 288 g/mol. The molecule has 1 atom stereocenters. The second-order valence-corrected chi connectivity index (χ2v) is 7.64. The van der Waals surface area contributed by atoms with Crippen LogP contribution in [-0.2, 0) is 0 Å². The lowest BCUT2D eigenvalue weighted by molar-refractivity contribution is 0.130. The zero-order valence-corrected chi connectivity index (χ0v) is 13.8. The van der Waals surface area contributed by atoms with Crippen LogP contribution in [0.5, 0.6) is 11.5 Å². The normalized spacial score (nSPS) is 24.3. The Morgan fingerprint density at radius 2 is 1.62 bits per heavy atom. The number of aliphatic hydroxyl groups is 1. The molecule has 1 aliphatic carbocycles. The van der Waals surface area contributed by atoms with Gasteiger partial charge in [0, 0.05) is 24.0 Å². The van der Waals surface area contributed by atoms with E-state index in [1.807, 2.05) is 6.07 Å². The number of fused-ring (bicyclic) bond motifs is 1. The Balaban J connectivity index is 1.94. The molecule has 1 aromatic carbocycles. The van der Waals surface area contributed by atoms with Gasteiger partial charge in [0.1, 0.15) is 0 Å². The van der Waals surface area contributed by atoms with Crippen LogP contribution >= 0.6 is 11.6 Å². The van der Waals surface area contributed by atoms with Crippen LogP contribution in [0.1, 0.15) is 45.8 Å². The van der Waals surface area contributed by atoms with E-state index >= 15 is 0 Å². The standard InChI is InChI=1S/C17H23ClO3/c1-16(2)15(17(16,3)4)14(19)10-8-12-13(9-11(10)18)21-7-5-6-20-12/h8-9,14-15,19H,5-7H2,1-4H3. The molecule has 0 aromatic heterocycles. The highest BCUT2D eigenvalue weighted by Gasteiger charge is 2.67. The molecule has 0 spiro atoms. The highest BCUT2D eigenvalue weighted by molar-refractivity contribution is 6.31. The van der Waals surface area contributed by atoms with Gasteiger partial charge in [-0.1, -0.05) is 39.3 Å². The molecule has 116 valence electrons. The summed E-state index contributed by atoms with van der Waals surface area (Å²) in [5, 5.41) is 11.3. The zero-order chi connectivity index (χ0) is 15.4. The summed E-state index contributed by atoms with van der Waals surface area (Å²) >= 11 is 6.37. The molecule has 2 aliphatic rings. The maximum atomic E-state index is 10.8. The van der Waals surface area contributed by atoms with Crippen LogP contribution < -0.4 is 9.47 Å². The van der Waals surface area contributed by atoms with Gasteiger partial charge in [-0.3, -0.25) is 0 Å². The summed E-state index contributed by atoms with van der Waals surface area (Å²) in [7, 11) is 0. The lowest BCUT2D eigenvalue weighted by atomic mass is 9.99. The first kappa shape index (κ1) is 15.0. The molecule has 1 aliphatic heterocycles. The Morgan fingerprint density at radius 1 is 1.10 bits per heavy atom. The van der Waals surface area contributed by atoms with Crippen LogP contribution in [0, 0.1) is 16.7 Å². The number of hydrogen-bond donors (Lipinski definition) is 1. The maximum Gasteiger partial charge on any atom is 0.162 e. The summed E-state index contributed by atoms with van der Waals surface area (Å²) in [6.45, 7) is 10.0. The predicted octanol–water partition coefficient (Wildman–Crippen LogP) is 4.22. The van der Waals surface area contributed by atoms with Gasteiger partial charge >= 0.3 is 0 Å². The van der Waals surface area contributed by atoms with Crippen LogP contribution in [0.15, 0.2) is 12.1 Å². The van der Waals surface area contributed by atoms with Gasteiger partial charge in [0.2, 0.25) is 0 Å². The molecule has 3 nitrogen and oxygen atoms in total. The van der Waals surface area contributed by atoms with Crippen LogP contribution in [0.2, 0.25) is 5.02 Å². The van der Waals surface area contributed by atoms with E-state index in [9.17, 15) is 5.11 Å². The molecule has 1 unspecified atom stereocenters. The fourth-order valence-corrected chi connectivity index (χ4v) is 3.91. The van der Waals surface area contributed by atoms with E-state index in [-0.39, 0.29) is 16.7 Å². The first-order chi connectivity index (χ1) is 9.76. The quantitative estimate of drug-likeness (QED) is 0.889. The van der Waals surface area contributed by atoms with Crippen molar-refractivity contribution in [2.75, 3.05) is 13.2 Å². The van der Waals surface area contributed by atoms with Crippen molar-refractivity contribution >= 4 is 11.6 Å². The third-order valence-electron chi connectivity index (χ3n) is 5.63. The first-order valence-corrected chi connectivity index (χ1v) is 7.91. The molecule has 1 heterocycles. The molecule has 0 radical (unpaired) electrons. The number of aliphatic hydroxyl groups excluding tert-OH is 1. The molecule has 0 amide bonds. The predicted molar refractivity (Wildman–Crippen MR) is 83.1 cm³/mol. The van der Waals surface area contributed by atoms with Gasteiger partial charge < -0.3 is 14.6 Å². The van der Waals surface area contributed by atoms with Gasteiger partial charge in [-0.2, -0.15) is 0 Å². The molecule has 0 bridgehead atoms. The number of hydrogen-bond acceptors (Lipinski definition) is 3. The molecule has 0 saturated heterocycles. The van der Waals surface area contributed by atoms with Crippen molar-refractivity contribution in [1.29, 1.82) is 0 Å². The van der Waals surface area contributed by atoms with Crippen LogP contribution in [0.4, 0.5) is 0 Å². The molecule has 4 heteroatoms. The third kappa shape index (κ3) is 2.22. The topological polar surface area (TPSA) is 38.7 Å². The summed E-state index contributed by atoms with van der Waals surface area (Å²) in [4.78, 5) is 0. The smallest absolute Gasteiger partial charge is 0.162 e. The molecule has 1 saturated carbocycles. The van der Waals surface area contributed by atoms with Crippen molar-refractivity contribution < 1.29 is 14.6 Å². The second kappa shape index (κ2) is 4.79. The fourth-order valence-electron chi connectivity index (χ4n) is 3.64. The number of benzene rings is 1. The van der Waals surface area contributed by atoms with Gasteiger partial charge in [0.15, 0.2) is 11.5 Å². The van der Waals surface area contributed by atoms with E-state index in [4.69, 9.17) is 21.1 Å². The second-order valence-electron chi connectivity index (χ2n) is 7.24. The maximum absolute atomic E-state index is 10.8. The van der Waals surface area contributed by atoms with Crippen molar-refractivity contribution in [3.63, 3.8) is 0 Å². The van der Waals surface area contributed by atoms with Crippen molar-refractivity contribution in [3.8, 4) is 11.5 Å². The van der Waals surface area contributed by atoms with Crippen LogP contribution in [-0.4, -0.2) is 18.3 Å². The Morgan fingerprint density at radius 3 is 2.14 bits per heavy atom. The Hall–Kier alpha value is -0.930. The molecule has 1 N–H and O–H groups in total. The minimum Gasteiger partial charge on any atom is -0.490 e. The summed E-state index contributed by atoms with van der Waals surface area (Å²) in [6, 6.07) is 3.61. The minimum absolute atomic E-state index is 0.0971. The number of ether oxygens (including phenoxy) is 2. The van der Waals surface area contributed by atoms with Crippen molar-refractivity contribution in [2.24, 2.45) is 16.7 Å². The number of rotatable bonds is 2. The largest absolute Gasteiger partial charge is 0.490 e. The van der Waals surface area contributed by atoms with E-state index in [2.05, 4.69) is 27.7 Å². The van der Waals surface area contributed by atoms with Crippen LogP contribution in [0.25, 0.3) is 0 Å². The summed E-state index contributed by atoms with van der Waals surface area (Å²) in [6.07, 6.45) is 0.270. The Kier molecular flexibility index (Phi) is 3.42. The fraction of sp³-hybridized carbons (Fsp3) is 0.647. The molecular formula is C17H23ClO3. The Labute approximate surface area is 131 Å². The molecule has 1 fully saturated rings. The third-order valence-corrected chi connectivity index (χ3v) is 5.96. The van der Waals surface area contributed by atoms with E-state index in [0.29, 0.717) is 29.7 Å². The Bertz CT molecular complexity index is 551. The van der Waals surface area contributed by atoms with E-state index in [1.54, 1.807) is 6.07 Å². The van der Waals surface area contributed by atoms with Gasteiger partial charge in [0.25, 0.3) is 0 Å². The summed E-state index contributed by atoms with van der Waals surface area (Å²) < 4.78 is 11.3. The van der Waals surface area contributed by atoms with Gasteiger partial charge in [-0.05, 0) is 16.9 Å². The van der Waals surface area contributed by atoms with Gasteiger partial charge in [-0.15, -0.1) is 0 Å². The minimum atomic E-state index is -0.584. The average Bonchev–Trinajstić information content (AvgIpc) is 2.91. The van der Waals surface area contributed by atoms with E-state index in [1.165, 1.54) is 0 Å². The van der Waals surface area contributed by atoms with E-state index < -0.39 is 6.10 Å². The van der Waals surface area contributed by atoms with Gasteiger partial charge in [-0.25, -0.2) is 0 Å². The molecule has 3 rings (SSSR count).